The van der Waals surface area contributed by atoms with Gasteiger partial charge in [0.25, 0.3) is 5.91 Å². The molecule has 4 rings (SSSR count). The minimum atomic E-state index is -0.467. The van der Waals surface area contributed by atoms with Crippen LogP contribution in [0.1, 0.15) is 24.0 Å². The Hall–Kier alpha value is -2.96. The number of amides is 1. The fourth-order valence-corrected chi connectivity index (χ4v) is 3.66. The van der Waals surface area contributed by atoms with Crippen LogP contribution >= 0.6 is 0 Å². The fraction of sp³-hybridized carbons (Fsp3) is 0.304. The van der Waals surface area contributed by atoms with Gasteiger partial charge in [0.2, 0.25) is 0 Å². The smallest absolute Gasteiger partial charge is 0.254 e. The predicted molar refractivity (Wildman–Crippen MR) is 114 cm³/mol. The summed E-state index contributed by atoms with van der Waals surface area (Å²) in [6.07, 6.45) is 0.991. The SMILES string of the molecule is Cc1ccccc1-c1cc(NC(=O)[C@@H]2CC[C@H](CN)O2)n(Cc2ccccc2)n1. The maximum absolute atomic E-state index is 12.8. The molecular weight excluding hydrogens is 364 g/mol. The molecule has 2 atom stereocenters. The van der Waals surface area contributed by atoms with Gasteiger partial charge in [0.1, 0.15) is 11.9 Å². The van der Waals surface area contributed by atoms with Crippen LogP contribution in [0, 0.1) is 6.92 Å². The van der Waals surface area contributed by atoms with Crippen LogP contribution in [0.3, 0.4) is 0 Å². The Kier molecular flexibility index (Phi) is 5.74. The van der Waals surface area contributed by atoms with Crippen molar-refractivity contribution in [2.75, 3.05) is 11.9 Å². The monoisotopic (exact) mass is 390 g/mol. The van der Waals surface area contributed by atoms with Crippen LogP contribution in [-0.4, -0.2) is 34.4 Å². The van der Waals surface area contributed by atoms with Gasteiger partial charge >= 0.3 is 0 Å². The van der Waals surface area contributed by atoms with Crippen molar-refractivity contribution in [3.63, 3.8) is 0 Å². The fourth-order valence-electron chi connectivity index (χ4n) is 3.66. The maximum atomic E-state index is 12.8. The summed E-state index contributed by atoms with van der Waals surface area (Å²) in [7, 11) is 0. The molecule has 0 unspecified atom stereocenters. The number of hydrogen-bond donors (Lipinski definition) is 2. The van der Waals surface area contributed by atoms with Gasteiger partial charge in [-0.3, -0.25) is 4.79 Å². The second kappa shape index (κ2) is 8.59. The zero-order valence-electron chi connectivity index (χ0n) is 16.5. The first-order valence-electron chi connectivity index (χ1n) is 9.98. The van der Waals surface area contributed by atoms with Crippen molar-refractivity contribution >= 4 is 11.7 Å². The Morgan fingerprint density at radius 1 is 1.17 bits per heavy atom. The third kappa shape index (κ3) is 4.39. The summed E-state index contributed by atoms with van der Waals surface area (Å²) in [6.45, 7) is 3.07. The summed E-state index contributed by atoms with van der Waals surface area (Å²) in [5.74, 6) is 0.517. The molecule has 1 aliphatic heterocycles. The van der Waals surface area contributed by atoms with E-state index in [-0.39, 0.29) is 12.0 Å². The second-order valence-electron chi connectivity index (χ2n) is 7.42. The molecule has 0 radical (unpaired) electrons. The van der Waals surface area contributed by atoms with Gasteiger partial charge < -0.3 is 15.8 Å². The third-order valence-electron chi connectivity index (χ3n) is 5.29. The first-order valence-corrected chi connectivity index (χ1v) is 9.98. The number of aromatic nitrogens is 2. The molecule has 6 heteroatoms. The molecule has 1 aliphatic rings. The number of rotatable bonds is 6. The number of benzene rings is 2. The van der Waals surface area contributed by atoms with Gasteiger partial charge in [-0.25, -0.2) is 4.68 Å². The normalized spacial score (nSPS) is 18.7. The van der Waals surface area contributed by atoms with Crippen molar-refractivity contribution < 1.29 is 9.53 Å². The molecule has 1 aromatic heterocycles. The summed E-state index contributed by atoms with van der Waals surface area (Å²) in [4.78, 5) is 12.8. The van der Waals surface area contributed by atoms with E-state index in [2.05, 4.69) is 18.3 Å². The second-order valence-corrected chi connectivity index (χ2v) is 7.42. The first kappa shape index (κ1) is 19.4. The highest BCUT2D eigenvalue weighted by molar-refractivity contribution is 5.94. The van der Waals surface area contributed by atoms with E-state index in [0.29, 0.717) is 25.3 Å². The number of nitrogens with two attached hydrogens (primary N) is 1. The third-order valence-corrected chi connectivity index (χ3v) is 5.29. The average molecular weight is 390 g/mol. The Balaban J connectivity index is 1.62. The predicted octanol–water partition coefficient (Wildman–Crippen LogP) is 3.35. The number of ether oxygens (including phenoxy) is 1. The van der Waals surface area contributed by atoms with E-state index in [1.165, 1.54) is 0 Å². The lowest BCUT2D eigenvalue weighted by Gasteiger charge is -2.13. The molecule has 3 aromatic rings. The number of hydrogen-bond acceptors (Lipinski definition) is 4. The molecule has 0 aliphatic carbocycles. The van der Waals surface area contributed by atoms with Crippen LogP contribution < -0.4 is 11.1 Å². The molecule has 1 fully saturated rings. The number of nitrogens with zero attached hydrogens (tertiary/aromatic N) is 2. The van der Waals surface area contributed by atoms with E-state index >= 15 is 0 Å². The summed E-state index contributed by atoms with van der Waals surface area (Å²) in [5.41, 5.74) is 9.81. The van der Waals surface area contributed by atoms with Crippen molar-refractivity contribution in [2.45, 2.75) is 38.5 Å². The minimum absolute atomic E-state index is 0.0393. The van der Waals surface area contributed by atoms with E-state index in [0.717, 1.165) is 28.8 Å². The van der Waals surface area contributed by atoms with E-state index in [1.54, 1.807) is 0 Å². The highest BCUT2D eigenvalue weighted by atomic mass is 16.5. The van der Waals surface area contributed by atoms with Gasteiger partial charge in [-0.1, -0.05) is 54.6 Å². The molecule has 2 heterocycles. The van der Waals surface area contributed by atoms with E-state index in [9.17, 15) is 4.79 Å². The van der Waals surface area contributed by atoms with Crippen molar-refractivity contribution in [1.29, 1.82) is 0 Å². The van der Waals surface area contributed by atoms with E-state index in [4.69, 9.17) is 15.6 Å². The number of carbonyl (C=O) groups is 1. The lowest BCUT2D eigenvalue weighted by atomic mass is 10.1. The quantitative estimate of drug-likeness (QED) is 0.676. The summed E-state index contributed by atoms with van der Waals surface area (Å²) in [6, 6.07) is 20.1. The highest BCUT2D eigenvalue weighted by Crippen LogP contribution is 2.27. The molecular formula is C23H26N4O2. The average Bonchev–Trinajstić information content (AvgIpc) is 3.37. The Morgan fingerprint density at radius 3 is 2.66 bits per heavy atom. The van der Waals surface area contributed by atoms with Crippen LogP contribution in [0.15, 0.2) is 60.7 Å². The van der Waals surface area contributed by atoms with Gasteiger partial charge in [-0.05, 0) is 30.9 Å². The van der Waals surface area contributed by atoms with Crippen LogP contribution in [0.4, 0.5) is 5.82 Å². The van der Waals surface area contributed by atoms with Crippen molar-refractivity contribution in [3.8, 4) is 11.3 Å². The molecule has 2 aromatic carbocycles. The minimum Gasteiger partial charge on any atom is -0.364 e. The van der Waals surface area contributed by atoms with Crippen LogP contribution in [0.2, 0.25) is 0 Å². The topological polar surface area (TPSA) is 82.2 Å². The number of nitrogens with one attached hydrogen (secondary N) is 1. The highest BCUT2D eigenvalue weighted by Gasteiger charge is 2.30. The molecule has 1 saturated heterocycles. The summed E-state index contributed by atoms with van der Waals surface area (Å²) >= 11 is 0. The van der Waals surface area contributed by atoms with E-state index < -0.39 is 6.10 Å². The standard InChI is InChI=1S/C23H26N4O2/c1-16-7-5-6-10-19(16)20-13-22(25-23(28)21-12-11-18(14-24)29-21)27(26-20)15-17-8-3-2-4-9-17/h2-10,13,18,21H,11-12,14-15,24H2,1H3,(H,25,28)/t18-,21+/m1/s1. The lowest BCUT2D eigenvalue weighted by Crippen LogP contribution is -2.30. The Morgan fingerprint density at radius 2 is 1.93 bits per heavy atom. The zero-order valence-corrected chi connectivity index (χ0v) is 16.5. The number of carbonyl (C=O) groups excluding carboxylic acids is 1. The summed E-state index contributed by atoms with van der Waals surface area (Å²) in [5, 5.41) is 7.81. The number of aryl methyl sites for hydroxylation is 1. The molecule has 0 bridgehead atoms. The Labute approximate surface area is 170 Å². The zero-order chi connectivity index (χ0) is 20.2. The van der Waals surface area contributed by atoms with E-state index in [1.807, 2.05) is 59.3 Å². The van der Waals surface area contributed by atoms with Crippen molar-refractivity contribution in [1.82, 2.24) is 9.78 Å². The number of anilines is 1. The van der Waals surface area contributed by atoms with Crippen molar-refractivity contribution in [2.24, 2.45) is 5.73 Å². The molecule has 150 valence electrons. The molecule has 0 saturated carbocycles. The largest absolute Gasteiger partial charge is 0.364 e. The molecule has 3 N–H and O–H groups in total. The Bertz CT molecular complexity index is 984. The van der Waals surface area contributed by atoms with Crippen LogP contribution in [0.5, 0.6) is 0 Å². The van der Waals surface area contributed by atoms with Gasteiger partial charge in [0, 0.05) is 18.2 Å². The van der Waals surface area contributed by atoms with Crippen molar-refractivity contribution in [3.05, 3.63) is 71.8 Å². The lowest BCUT2D eigenvalue weighted by molar-refractivity contribution is -0.126. The molecule has 1 amide bonds. The van der Waals surface area contributed by atoms with Gasteiger partial charge in [0.05, 0.1) is 18.3 Å². The molecule has 0 spiro atoms. The molecule has 29 heavy (non-hydrogen) atoms. The summed E-state index contributed by atoms with van der Waals surface area (Å²) < 4.78 is 7.58. The van der Waals surface area contributed by atoms with Crippen LogP contribution in [0.25, 0.3) is 11.3 Å². The van der Waals surface area contributed by atoms with Crippen LogP contribution in [-0.2, 0) is 16.1 Å². The maximum Gasteiger partial charge on any atom is 0.254 e. The molecule has 6 nitrogen and oxygen atoms in total. The van der Waals surface area contributed by atoms with Gasteiger partial charge in [-0.2, -0.15) is 5.10 Å². The first-order chi connectivity index (χ1) is 14.1. The van der Waals surface area contributed by atoms with Gasteiger partial charge in [0.15, 0.2) is 0 Å². The van der Waals surface area contributed by atoms with Gasteiger partial charge in [-0.15, -0.1) is 0 Å².